The van der Waals surface area contributed by atoms with Gasteiger partial charge in [-0.25, -0.2) is 4.79 Å². The molecule has 1 aliphatic heterocycles. The van der Waals surface area contributed by atoms with Gasteiger partial charge in [-0.05, 0) is 42.8 Å². The van der Waals surface area contributed by atoms with Gasteiger partial charge in [-0.15, -0.1) is 6.42 Å². The Balaban J connectivity index is 1.69. The van der Waals surface area contributed by atoms with Gasteiger partial charge in [0.1, 0.15) is 0 Å². The molecule has 0 spiro atoms. The zero-order chi connectivity index (χ0) is 16.9. The number of hydrogen-bond acceptors (Lipinski definition) is 3. The zero-order valence-electron chi connectivity index (χ0n) is 13.4. The van der Waals surface area contributed by atoms with Crippen LogP contribution < -0.4 is 14.8 Å². The third-order valence-electron chi connectivity index (χ3n) is 3.76. The van der Waals surface area contributed by atoms with Crippen LogP contribution in [0.3, 0.4) is 0 Å². The number of hydrogen-bond donors (Lipinski definition) is 1. The molecule has 1 heterocycles. The Hall–Kier alpha value is -3.13. The smallest absolute Gasteiger partial charge is 0.322 e. The average Bonchev–Trinajstić information content (AvgIpc) is 3.07. The van der Waals surface area contributed by atoms with Crippen molar-refractivity contribution in [3.8, 4) is 23.8 Å². The Bertz CT molecular complexity index is 795. The zero-order valence-corrected chi connectivity index (χ0v) is 13.4. The van der Waals surface area contributed by atoms with Crippen molar-refractivity contribution in [1.29, 1.82) is 0 Å². The van der Waals surface area contributed by atoms with Gasteiger partial charge in [-0.2, -0.15) is 0 Å². The normalized spacial score (nSPS) is 11.7. The lowest BCUT2D eigenvalue weighted by Crippen LogP contribution is -2.34. The molecular weight excluding hydrogens is 304 g/mol. The maximum atomic E-state index is 12.5. The first-order valence-corrected chi connectivity index (χ1v) is 7.70. The molecule has 0 fully saturated rings. The lowest BCUT2D eigenvalue weighted by atomic mass is 10.2. The van der Waals surface area contributed by atoms with Gasteiger partial charge in [-0.1, -0.05) is 18.1 Å². The fraction of sp³-hybridized carbons (Fsp3) is 0.211. The standard InChI is InChI=1S/C19H18N2O3/c1-3-14-6-5-7-16(10-14)20-19(22)21(4-2)12-15-8-9-17-18(11-15)24-13-23-17/h1,5-11H,4,12-13H2,2H3,(H,20,22). The van der Waals surface area contributed by atoms with E-state index in [0.29, 0.717) is 24.5 Å². The van der Waals surface area contributed by atoms with Gasteiger partial charge < -0.3 is 19.7 Å². The van der Waals surface area contributed by atoms with Crippen LogP contribution in [0.1, 0.15) is 18.1 Å². The van der Waals surface area contributed by atoms with E-state index in [1.807, 2.05) is 43.3 Å². The molecule has 5 nitrogen and oxygen atoms in total. The van der Waals surface area contributed by atoms with E-state index < -0.39 is 0 Å². The molecule has 0 aliphatic carbocycles. The molecule has 5 heteroatoms. The highest BCUT2D eigenvalue weighted by molar-refractivity contribution is 5.89. The highest BCUT2D eigenvalue weighted by atomic mass is 16.7. The number of carbonyl (C=O) groups excluding carboxylic acids is 1. The second-order valence-corrected chi connectivity index (χ2v) is 5.36. The number of nitrogens with zero attached hydrogens (tertiary/aromatic N) is 1. The molecule has 122 valence electrons. The molecule has 0 atom stereocenters. The number of rotatable bonds is 4. The SMILES string of the molecule is C#Cc1cccc(NC(=O)N(CC)Cc2ccc3c(c2)OCO3)c1. The lowest BCUT2D eigenvalue weighted by molar-refractivity contribution is 0.174. The summed E-state index contributed by atoms with van der Waals surface area (Å²) in [5.74, 6) is 4.00. The summed E-state index contributed by atoms with van der Waals surface area (Å²) in [5, 5.41) is 2.88. The fourth-order valence-electron chi connectivity index (χ4n) is 2.48. The number of ether oxygens (including phenoxy) is 2. The quantitative estimate of drug-likeness (QED) is 0.877. The molecule has 2 amide bonds. The van der Waals surface area contributed by atoms with Crippen molar-refractivity contribution in [2.75, 3.05) is 18.7 Å². The first-order chi connectivity index (χ1) is 11.7. The minimum Gasteiger partial charge on any atom is -0.454 e. The Morgan fingerprint density at radius 3 is 2.88 bits per heavy atom. The molecule has 24 heavy (non-hydrogen) atoms. The maximum absolute atomic E-state index is 12.5. The van der Waals surface area contributed by atoms with Crippen LogP contribution in [0.2, 0.25) is 0 Å². The topological polar surface area (TPSA) is 50.8 Å². The Morgan fingerprint density at radius 2 is 2.08 bits per heavy atom. The molecule has 2 aromatic carbocycles. The van der Waals surface area contributed by atoms with Crippen molar-refractivity contribution >= 4 is 11.7 Å². The number of anilines is 1. The number of fused-ring (bicyclic) bond motifs is 1. The third kappa shape index (κ3) is 3.44. The van der Waals surface area contributed by atoms with E-state index in [9.17, 15) is 4.79 Å². The van der Waals surface area contributed by atoms with Gasteiger partial charge >= 0.3 is 6.03 Å². The second-order valence-electron chi connectivity index (χ2n) is 5.36. The first-order valence-electron chi connectivity index (χ1n) is 7.70. The molecule has 0 unspecified atom stereocenters. The van der Waals surface area contributed by atoms with E-state index in [1.165, 1.54) is 0 Å². The van der Waals surface area contributed by atoms with Gasteiger partial charge in [0.15, 0.2) is 11.5 Å². The van der Waals surface area contributed by atoms with E-state index in [-0.39, 0.29) is 12.8 Å². The predicted molar refractivity (Wildman–Crippen MR) is 92.0 cm³/mol. The molecule has 0 saturated heterocycles. The Morgan fingerprint density at radius 1 is 1.25 bits per heavy atom. The van der Waals surface area contributed by atoms with Crippen molar-refractivity contribution in [3.05, 3.63) is 53.6 Å². The van der Waals surface area contributed by atoms with Gasteiger partial charge in [0.25, 0.3) is 0 Å². The van der Waals surface area contributed by atoms with Gasteiger partial charge in [0.05, 0.1) is 0 Å². The minimum atomic E-state index is -0.177. The van der Waals surface area contributed by atoms with Crippen LogP contribution in [0.15, 0.2) is 42.5 Å². The van der Waals surface area contributed by atoms with Crippen LogP contribution in [-0.4, -0.2) is 24.3 Å². The maximum Gasteiger partial charge on any atom is 0.322 e. The fourth-order valence-corrected chi connectivity index (χ4v) is 2.48. The molecular formula is C19H18N2O3. The van der Waals surface area contributed by atoms with E-state index >= 15 is 0 Å². The molecule has 0 aromatic heterocycles. The van der Waals surface area contributed by atoms with Crippen LogP contribution in [0.25, 0.3) is 0 Å². The summed E-state index contributed by atoms with van der Waals surface area (Å²) in [4.78, 5) is 14.2. The van der Waals surface area contributed by atoms with Crippen molar-refractivity contribution < 1.29 is 14.3 Å². The van der Waals surface area contributed by atoms with Crippen LogP contribution in [-0.2, 0) is 6.54 Å². The number of terminal acetylenes is 1. The van der Waals surface area contributed by atoms with Crippen molar-refractivity contribution in [1.82, 2.24) is 4.90 Å². The molecule has 3 rings (SSSR count). The van der Waals surface area contributed by atoms with Crippen molar-refractivity contribution in [2.24, 2.45) is 0 Å². The molecule has 0 bridgehead atoms. The summed E-state index contributed by atoms with van der Waals surface area (Å²) in [6.45, 7) is 3.23. The number of carbonyl (C=O) groups is 1. The summed E-state index contributed by atoms with van der Waals surface area (Å²) < 4.78 is 10.7. The predicted octanol–water partition coefficient (Wildman–Crippen LogP) is 3.45. The monoisotopic (exact) mass is 322 g/mol. The van der Waals surface area contributed by atoms with Crippen LogP contribution in [0.4, 0.5) is 10.5 Å². The number of benzene rings is 2. The van der Waals surface area contributed by atoms with Crippen LogP contribution >= 0.6 is 0 Å². The summed E-state index contributed by atoms with van der Waals surface area (Å²) in [7, 11) is 0. The number of urea groups is 1. The molecule has 0 radical (unpaired) electrons. The molecule has 0 saturated carbocycles. The molecule has 1 aliphatic rings. The number of nitrogens with one attached hydrogen (secondary N) is 1. The molecule has 1 N–H and O–H groups in total. The van der Waals surface area contributed by atoms with Gasteiger partial charge in [0.2, 0.25) is 6.79 Å². The van der Waals surface area contributed by atoms with Crippen LogP contribution in [0.5, 0.6) is 11.5 Å². The first kappa shape index (κ1) is 15.8. The van der Waals surface area contributed by atoms with E-state index in [2.05, 4.69) is 11.2 Å². The van der Waals surface area contributed by atoms with Crippen molar-refractivity contribution in [3.63, 3.8) is 0 Å². The van der Waals surface area contributed by atoms with E-state index in [1.54, 1.807) is 11.0 Å². The summed E-state index contributed by atoms with van der Waals surface area (Å²) in [5.41, 5.74) is 2.39. The summed E-state index contributed by atoms with van der Waals surface area (Å²) in [6.07, 6.45) is 5.39. The Labute approximate surface area is 141 Å². The van der Waals surface area contributed by atoms with Crippen LogP contribution in [0, 0.1) is 12.3 Å². The van der Waals surface area contributed by atoms with Gasteiger partial charge in [-0.3, -0.25) is 0 Å². The van der Waals surface area contributed by atoms with Crippen molar-refractivity contribution in [2.45, 2.75) is 13.5 Å². The summed E-state index contributed by atoms with van der Waals surface area (Å²) in [6, 6.07) is 12.7. The highest BCUT2D eigenvalue weighted by Crippen LogP contribution is 2.32. The van der Waals surface area contributed by atoms with E-state index in [4.69, 9.17) is 15.9 Å². The van der Waals surface area contributed by atoms with Gasteiger partial charge in [0, 0.05) is 24.3 Å². The highest BCUT2D eigenvalue weighted by Gasteiger charge is 2.16. The third-order valence-corrected chi connectivity index (χ3v) is 3.76. The summed E-state index contributed by atoms with van der Waals surface area (Å²) >= 11 is 0. The largest absolute Gasteiger partial charge is 0.454 e. The second kappa shape index (κ2) is 6.97. The average molecular weight is 322 g/mol. The minimum absolute atomic E-state index is 0.177. The number of amides is 2. The molecule has 2 aromatic rings. The van der Waals surface area contributed by atoms with E-state index in [0.717, 1.165) is 16.9 Å². The lowest BCUT2D eigenvalue weighted by Gasteiger charge is -2.21. The Kier molecular flexibility index (Phi) is 4.57.